The predicted octanol–water partition coefficient (Wildman–Crippen LogP) is 3.70. The molecule has 0 fully saturated rings. The van der Waals surface area contributed by atoms with Gasteiger partial charge in [0.05, 0.1) is 13.0 Å². The number of esters is 1. The number of carbonyl (C=O) groups is 2. The van der Waals surface area contributed by atoms with E-state index in [1.165, 1.54) is 18.3 Å². The molecule has 3 rings (SSSR count). The smallest absolute Gasteiger partial charge is 0.307 e. The number of aryl methyl sites for hydroxylation is 1. The van der Waals surface area contributed by atoms with Crippen molar-refractivity contribution in [3.05, 3.63) is 47.0 Å². The quantitative estimate of drug-likeness (QED) is 0.531. The van der Waals surface area contributed by atoms with E-state index in [0.717, 1.165) is 5.56 Å². The summed E-state index contributed by atoms with van der Waals surface area (Å²) in [6, 6.07) is 8.84. The van der Waals surface area contributed by atoms with Gasteiger partial charge in [-0.2, -0.15) is 16.3 Å². The van der Waals surface area contributed by atoms with Crippen molar-refractivity contribution in [2.24, 2.45) is 0 Å². The molecule has 8 nitrogen and oxygen atoms in total. The van der Waals surface area contributed by atoms with Crippen molar-refractivity contribution in [2.45, 2.75) is 32.8 Å². The van der Waals surface area contributed by atoms with E-state index in [2.05, 4.69) is 15.5 Å². The molecule has 0 unspecified atom stereocenters. The van der Waals surface area contributed by atoms with Gasteiger partial charge in [-0.15, -0.1) is 0 Å². The summed E-state index contributed by atoms with van der Waals surface area (Å²) in [6.07, 6.45) is -0.659. The van der Waals surface area contributed by atoms with E-state index in [4.69, 9.17) is 14.0 Å². The van der Waals surface area contributed by atoms with E-state index >= 15 is 0 Å². The van der Waals surface area contributed by atoms with Crippen LogP contribution in [0.25, 0.3) is 11.4 Å². The van der Waals surface area contributed by atoms with E-state index in [-0.39, 0.29) is 12.8 Å². The van der Waals surface area contributed by atoms with Crippen LogP contribution in [0.1, 0.15) is 26.2 Å². The van der Waals surface area contributed by atoms with E-state index < -0.39 is 18.0 Å². The number of carbonyl (C=O) groups excluding carboxylic acids is 2. The number of rotatable bonds is 9. The molecule has 2 heterocycles. The van der Waals surface area contributed by atoms with Gasteiger partial charge in [0.25, 0.3) is 5.91 Å². The number of aromatic nitrogens is 2. The average Bonchev–Trinajstić information content (AvgIpc) is 3.40. The Morgan fingerprint density at radius 3 is 2.72 bits per heavy atom. The molecule has 0 aliphatic rings. The van der Waals surface area contributed by atoms with Crippen molar-refractivity contribution in [3.8, 4) is 17.1 Å². The second-order valence-electron chi connectivity index (χ2n) is 6.10. The standard InChI is InChI=1S/C20H21N3O5S/c1-3-26-16-6-4-15(5-7-16)21-20(25)13(2)27-18(24)9-8-17-22-19(23-28-17)14-10-11-29-12-14/h4-7,10-13H,3,8-9H2,1-2H3,(H,21,25)/t13-/m0/s1. The Balaban J connectivity index is 1.44. The summed E-state index contributed by atoms with van der Waals surface area (Å²) in [5.41, 5.74) is 1.46. The maximum absolute atomic E-state index is 12.2. The molecule has 1 N–H and O–H groups in total. The van der Waals surface area contributed by atoms with Gasteiger partial charge in [0, 0.05) is 23.1 Å². The van der Waals surface area contributed by atoms with Gasteiger partial charge in [-0.25, -0.2) is 0 Å². The maximum Gasteiger partial charge on any atom is 0.307 e. The number of hydrogen-bond acceptors (Lipinski definition) is 8. The highest BCUT2D eigenvalue weighted by Crippen LogP contribution is 2.19. The van der Waals surface area contributed by atoms with Crippen molar-refractivity contribution in [2.75, 3.05) is 11.9 Å². The van der Waals surface area contributed by atoms with Crippen molar-refractivity contribution < 1.29 is 23.6 Å². The van der Waals surface area contributed by atoms with Crippen LogP contribution in [0.15, 0.2) is 45.6 Å². The van der Waals surface area contributed by atoms with Crippen LogP contribution in [0.2, 0.25) is 0 Å². The first kappa shape index (κ1) is 20.5. The molecular formula is C20H21N3O5S. The van der Waals surface area contributed by atoms with Crippen LogP contribution < -0.4 is 10.1 Å². The Labute approximate surface area is 171 Å². The fourth-order valence-electron chi connectivity index (χ4n) is 2.43. The lowest BCUT2D eigenvalue weighted by molar-refractivity contribution is -0.153. The minimum atomic E-state index is -0.932. The summed E-state index contributed by atoms with van der Waals surface area (Å²) in [5.74, 6) is 0.607. The van der Waals surface area contributed by atoms with Gasteiger partial charge in [-0.05, 0) is 49.6 Å². The van der Waals surface area contributed by atoms with E-state index in [1.807, 2.05) is 23.8 Å². The van der Waals surface area contributed by atoms with Crippen LogP contribution in [-0.4, -0.2) is 34.7 Å². The fraction of sp³-hybridized carbons (Fsp3) is 0.300. The summed E-state index contributed by atoms with van der Waals surface area (Å²) in [7, 11) is 0. The first-order chi connectivity index (χ1) is 14.0. The molecule has 9 heteroatoms. The minimum Gasteiger partial charge on any atom is -0.494 e. The number of nitrogens with one attached hydrogen (secondary N) is 1. The van der Waals surface area contributed by atoms with Gasteiger partial charge in [-0.3, -0.25) is 9.59 Å². The number of amides is 1. The van der Waals surface area contributed by atoms with Gasteiger partial charge in [0.15, 0.2) is 6.10 Å². The first-order valence-electron chi connectivity index (χ1n) is 9.13. The SMILES string of the molecule is CCOc1ccc(NC(=O)[C@H](C)OC(=O)CCc2nc(-c3ccsc3)no2)cc1. The number of nitrogens with zero attached hydrogens (tertiary/aromatic N) is 2. The van der Waals surface area contributed by atoms with Gasteiger partial charge < -0.3 is 19.3 Å². The molecule has 0 aliphatic carbocycles. The lowest BCUT2D eigenvalue weighted by Gasteiger charge is -2.13. The van der Waals surface area contributed by atoms with Crippen LogP contribution in [-0.2, 0) is 20.7 Å². The summed E-state index contributed by atoms with van der Waals surface area (Å²) in [6.45, 7) is 3.98. The normalized spacial score (nSPS) is 11.7. The highest BCUT2D eigenvalue weighted by atomic mass is 32.1. The second kappa shape index (κ2) is 9.83. The van der Waals surface area contributed by atoms with E-state index in [9.17, 15) is 9.59 Å². The van der Waals surface area contributed by atoms with Gasteiger partial charge in [0.1, 0.15) is 5.75 Å². The Kier molecular flexibility index (Phi) is 6.96. The molecule has 3 aromatic rings. The number of ether oxygens (including phenoxy) is 2. The highest BCUT2D eigenvalue weighted by molar-refractivity contribution is 7.08. The molecular weight excluding hydrogens is 394 g/mol. The summed E-state index contributed by atoms with van der Waals surface area (Å²) < 4.78 is 15.7. The molecule has 29 heavy (non-hydrogen) atoms. The molecule has 2 aromatic heterocycles. The molecule has 0 spiro atoms. The van der Waals surface area contributed by atoms with Crippen LogP contribution in [0, 0.1) is 0 Å². The van der Waals surface area contributed by atoms with E-state index in [1.54, 1.807) is 24.3 Å². The summed E-state index contributed by atoms with van der Waals surface area (Å²) in [5, 5.41) is 10.4. The lowest BCUT2D eigenvalue weighted by Crippen LogP contribution is -2.30. The molecule has 1 atom stereocenters. The minimum absolute atomic E-state index is 0.0337. The molecule has 0 bridgehead atoms. The Bertz CT molecular complexity index is 937. The highest BCUT2D eigenvalue weighted by Gasteiger charge is 2.19. The Morgan fingerprint density at radius 1 is 1.24 bits per heavy atom. The molecule has 152 valence electrons. The van der Waals surface area contributed by atoms with Gasteiger partial charge in [0.2, 0.25) is 11.7 Å². The molecule has 1 amide bonds. The fourth-order valence-corrected chi connectivity index (χ4v) is 3.06. The monoisotopic (exact) mass is 415 g/mol. The van der Waals surface area contributed by atoms with Crippen LogP contribution in [0.3, 0.4) is 0 Å². The summed E-state index contributed by atoms with van der Waals surface area (Å²) >= 11 is 1.53. The van der Waals surface area contributed by atoms with Crippen molar-refractivity contribution in [1.29, 1.82) is 0 Å². The first-order valence-corrected chi connectivity index (χ1v) is 10.1. The average molecular weight is 415 g/mol. The van der Waals surface area contributed by atoms with Crippen LogP contribution >= 0.6 is 11.3 Å². The molecule has 1 aromatic carbocycles. The maximum atomic E-state index is 12.2. The number of anilines is 1. The third kappa shape index (κ3) is 5.89. The third-order valence-electron chi connectivity index (χ3n) is 3.90. The van der Waals surface area contributed by atoms with Gasteiger partial charge in [-0.1, -0.05) is 5.16 Å². The number of thiophene rings is 1. The predicted molar refractivity (Wildman–Crippen MR) is 108 cm³/mol. The zero-order valence-corrected chi connectivity index (χ0v) is 16.9. The number of benzene rings is 1. The topological polar surface area (TPSA) is 104 Å². The van der Waals surface area contributed by atoms with Crippen LogP contribution in [0.5, 0.6) is 5.75 Å². The molecule has 0 saturated carbocycles. The van der Waals surface area contributed by atoms with Crippen molar-refractivity contribution in [3.63, 3.8) is 0 Å². The molecule has 0 radical (unpaired) electrons. The third-order valence-corrected chi connectivity index (χ3v) is 4.58. The Hall–Kier alpha value is -3.20. The van der Waals surface area contributed by atoms with Crippen LogP contribution in [0.4, 0.5) is 5.69 Å². The Morgan fingerprint density at radius 2 is 2.03 bits per heavy atom. The molecule has 0 aliphatic heterocycles. The molecule has 0 saturated heterocycles. The second-order valence-corrected chi connectivity index (χ2v) is 6.88. The zero-order valence-electron chi connectivity index (χ0n) is 16.1. The van der Waals surface area contributed by atoms with Gasteiger partial charge >= 0.3 is 5.97 Å². The van der Waals surface area contributed by atoms with E-state index in [0.29, 0.717) is 29.8 Å². The summed E-state index contributed by atoms with van der Waals surface area (Å²) in [4.78, 5) is 28.5. The van der Waals surface area contributed by atoms with Crippen molar-refractivity contribution in [1.82, 2.24) is 10.1 Å². The zero-order chi connectivity index (χ0) is 20.6. The van der Waals surface area contributed by atoms with Crippen molar-refractivity contribution >= 4 is 28.9 Å². The number of hydrogen-bond donors (Lipinski definition) is 1. The lowest BCUT2D eigenvalue weighted by atomic mass is 10.2. The largest absolute Gasteiger partial charge is 0.494 e.